The van der Waals surface area contributed by atoms with Gasteiger partial charge in [0.1, 0.15) is 0 Å². The molecule has 0 saturated carbocycles. The van der Waals surface area contributed by atoms with Crippen molar-refractivity contribution in [2.24, 2.45) is 5.73 Å². The summed E-state index contributed by atoms with van der Waals surface area (Å²) in [6.07, 6.45) is 4.49. The highest BCUT2D eigenvalue weighted by Gasteiger charge is 2.14. The summed E-state index contributed by atoms with van der Waals surface area (Å²) in [5.74, 6) is 0.0183. The maximum Gasteiger partial charge on any atom is 0.243 e. The Balaban J connectivity index is 1.83. The summed E-state index contributed by atoms with van der Waals surface area (Å²) in [6.45, 7) is 0. The Kier molecular flexibility index (Phi) is 4.58. The van der Waals surface area contributed by atoms with Gasteiger partial charge in [-0.3, -0.25) is 10.1 Å². The molecule has 98 valence electrons. The Morgan fingerprint density at radius 2 is 1.84 bits per heavy atom. The van der Waals surface area contributed by atoms with Crippen molar-refractivity contribution in [1.29, 1.82) is 0 Å². The van der Waals surface area contributed by atoms with Crippen molar-refractivity contribution in [1.82, 2.24) is 9.97 Å². The average molecular weight is 256 g/mol. The fourth-order valence-corrected chi connectivity index (χ4v) is 1.66. The van der Waals surface area contributed by atoms with Crippen LogP contribution in [0.3, 0.4) is 0 Å². The van der Waals surface area contributed by atoms with Crippen molar-refractivity contribution in [2.75, 3.05) is 5.32 Å². The van der Waals surface area contributed by atoms with E-state index in [0.29, 0.717) is 6.42 Å². The van der Waals surface area contributed by atoms with Gasteiger partial charge in [-0.15, -0.1) is 0 Å². The van der Waals surface area contributed by atoms with Crippen molar-refractivity contribution >= 4 is 11.9 Å². The number of hydrogen-bond donors (Lipinski definition) is 2. The first-order valence-corrected chi connectivity index (χ1v) is 6.13. The van der Waals surface area contributed by atoms with Crippen LogP contribution in [0.4, 0.5) is 5.95 Å². The van der Waals surface area contributed by atoms with Crippen LogP contribution in [0.25, 0.3) is 0 Å². The Bertz CT molecular complexity index is 515. The molecule has 0 aliphatic carbocycles. The standard InChI is InChI=1S/C14H16N4O/c15-12(8-7-11-5-2-1-3-6-11)13(19)18-14-16-9-4-10-17-14/h1-6,9-10,12H,7-8,15H2,(H,16,17,18,19)/t12-/m0/s1. The van der Waals surface area contributed by atoms with Gasteiger partial charge in [0, 0.05) is 12.4 Å². The summed E-state index contributed by atoms with van der Waals surface area (Å²) >= 11 is 0. The van der Waals surface area contributed by atoms with Gasteiger partial charge in [0.25, 0.3) is 0 Å². The molecule has 2 rings (SSSR count). The molecular formula is C14H16N4O. The van der Waals surface area contributed by atoms with E-state index in [1.165, 1.54) is 5.56 Å². The monoisotopic (exact) mass is 256 g/mol. The van der Waals surface area contributed by atoms with E-state index in [1.54, 1.807) is 18.5 Å². The van der Waals surface area contributed by atoms with Crippen LogP contribution in [0, 0.1) is 0 Å². The molecule has 5 nitrogen and oxygen atoms in total. The lowest BCUT2D eigenvalue weighted by atomic mass is 10.1. The van der Waals surface area contributed by atoms with Crippen LogP contribution in [-0.4, -0.2) is 21.9 Å². The highest BCUT2D eigenvalue weighted by molar-refractivity contribution is 5.93. The molecule has 0 aliphatic rings. The number of nitrogens with one attached hydrogen (secondary N) is 1. The minimum absolute atomic E-state index is 0.262. The fourth-order valence-electron chi connectivity index (χ4n) is 1.66. The second-order valence-corrected chi connectivity index (χ2v) is 4.19. The van der Waals surface area contributed by atoms with Crippen molar-refractivity contribution in [2.45, 2.75) is 18.9 Å². The van der Waals surface area contributed by atoms with Crippen molar-refractivity contribution in [3.63, 3.8) is 0 Å². The Hall–Kier alpha value is -2.27. The molecular weight excluding hydrogens is 240 g/mol. The van der Waals surface area contributed by atoms with E-state index in [2.05, 4.69) is 15.3 Å². The topological polar surface area (TPSA) is 80.9 Å². The van der Waals surface area contributed by atoms with E-state index < -0.39 is 6.04 Å². The summed E-state index contributed by atoms with van der Waals surface area (Å²) in [5, 5.41) is 2.59. The summed E-state index contributed by atoms with van der Waals surface area (Å²) in [6, 6.07) is 11.1. The van der Waals surface area contributed by atoms with Crippen molar-refractivity contribution in [3.05, 3.63) is 54.4 Å². The summed E-state index contributed by atoms with van der Waals surface area (Å²) in [5.41, 5.74) is 7.01. The van der Waals surface area contributed by atoms with E-state index in [0.717, 1.165) is 6.42 Å². The van der Waals surface area contributed by atoms with Crippen LogP contribution >= 0.6 is 0 Å². The maximum atomic E-state index is 11.8. The summed E-state index contributed by atoms with van der Waals surface area (Å²) in [7, 11) is 0. The number of amides is 1. The highest BCUT2D eigenvalue weighted by atomic mass is 16.2. The Morgan fingerprint density at radius 3 is 2.53 bits per heavy atom. The number of benzene rings is 1. The van der Waals surface area contributed by atoms with Gasteiger partial charge in [0.05, 0.1) is 6.04 Å². The second kappa shape index (κ2) is 6.61. The molecule has 1 heterocycles. The molecule has 1 aromatic carbocycles. The molecule has 0 fully saturated rings. The first-order chi connectivity index (χ1) is 9.25. The van der Waals surface area contributed by atoms with E-state index in [9.17, 15) is 4.79 Å². The lowest BCUT2D eigenvalue weighted by molar-refractivity contribution is -0.117. The number of nitrogens with zero attached hydrogens (tertiary/aromatic N) is 2. The van der Waals surface area contributed by atoms with Gasteiger partial charge in [-0.2, -0.15) is 0 Å². The Morgan fingerprint density at radius 1 is 1.16 bits per heavy atom. The zero-order valence-electron chi connectivity index (χ0n) is 10.5. The first-order valence-electron chi connectivity index (χ1n) is 6.13. The third-order valence-corrected chi connectivity index (χ3v) is 2.72. The molecule has 19 heavy (non-hydrogen) atoms. The SMILES string of the molecule is N[C@@H](CCc1ccccc1)C(=O)Nc1ncccn1. The molecule has 2 aromatic rings. The zero-order chi connectivity index (χ0) is 13.5. The molecule has 3 N–H and O–H groups in total. The van der Waals surface area contributed by atoms with Crippen LogP contribution in [0.5, 0.6) is 0 Å². The van der Waals surface area contributed by atoms with E-state index in [-0.39, 0.29) is 11.9 Å². The third-order valence-electron chi connectivity index (χ3n) is 2.72. The van der Waals surface area contributed by atoms with E-state index in [1.807, 2.05) is 30.3 Å². The van der Waals surface area contributed by atoms with Crippen molar-refractivity contribution < 1.29 is 4.79 Å². The zero-order valence-corrected chi connectivity index (χ0v) is 10.5. The molecule has 0 aliphatic heterocycles. The molecule has 0 unspecified atom stereocenters. The number of nitrogens with two attached hydrogens (primary N) is 1. The largest absolute Gasteiger partial charge is 0.320 e. The van der Waals surface area contributed by atoms with Gasteiger partial charge in [0.15, 0.2) is 0 Å². The summed E-state index contributed by atoms with van der Waals surface area (Å²) < 4.78 is 0. The van der Waals surface area contributed by atoms with Gasteiger partial charge >= 0.3 is 0 Å². The minimum Gasteiger partial charge on any atom is -0.320 e. The van der Waals surface area contributed by atoms with Gasteiger partial charge in [-0.25, -0.2) is 9.97 Å². The predicted octanol–water partition coefficient (Wildman–Crippen LogP) is 1.38. The number of aryl methyl sites for hydroxylation is 1. The molecule has 0 bridgehead atoms. The van der Waals surface area contributed by atoms with Crippen LogP contribution in [0.15, 0.2) is 48.8 Å². The van der Waals surface area contributed by atoms with Gasteiger partial charge in [-0.1, -0.05) is 30.3 Å². The second-order valence-electron chi connectivity index (χ2n) is 4.19. The van der Waals surface area contributed by atoms with Crippen LogP contribution in [0.2, 0.25) is 0 Å². The molecule has 1 amide bonds. The van der Waals surface area contributed by atoms with Gasteiger partial charge in [-0.05, 0) is 24.5 Å². The third kappa shape index (κ3) is 4.15. The van der Waals surface area contributed by atoms with Gasteiger partial charge < -0.3 is 5.73 Å². The predicted molar refractivity (Wildman–Crippen MR) is 73.4 cm³/mol. The number of anilines is 1. The minimum atomic E-state index is -0.566. The normalized spacial score (nSPS) is 11.8. The lowest BCUT2D eigenvalue weighted by Gasteiger charge is -2.11. The molecule has 0 spiro atoms. The molecule has 5 heteroatoms. The highest BCUT2D eigenvalue weighted by Crippen LogP contribution is 2.05. The maximum absolute atomic E-state index is 11.8. The first kappa shape index (κ1) is 13.2. The number of aromatic nitrogens is 2. The lowest BCUT2D eigenvalue weighted by Crippen LogP contribution is -2.36. The van der Waals surface area contributed by atoms with Gasteiger partial charge in [0.2, 0.25) is 11.9 Å². The number of carbonyl (C=O) groups is 1. The average Bonchev–Trinajstić information content (AvgIpc) is 2.47. The number of rotatable bonds is 5. The fraction of sp³-hybridized carbons (Fsp3) is 0.214. The molecule has 1 aromatic heterocycles. The van der Waals surface area contributed by atoms with Crippen LogP contribution in [-0.2, 0) is 11.2 Å². The Labute approximate surface area is 111 Å². The number of hydrogen-bond acceptors (Lipinski definition) is 4. The van der Waals surface area contributed by atoms with E-state index in [4.69, 9.17) is 5.73 Å². The molecule has 0 radical (unpaired) electrons. The summed E-state index contributed by atoms with van der Waals surface area (Å²) in [4.78, 5) is 19.7. The number of carbonyl (C=O) groups excluding carboxylic acids is 1. The van der Waals surface area contributed by atoms with E-state index >= 15 is 0 Å². The van der Waals surface area contributed by atoms with Crippen LogP contribution in [0.1, 0.15) is 12.0 Å². The quantitative estimate of drug-likeness (QED) is 0.846. The smallest absolute Gasteiger partial charge is 0.243 e. The van der Waals surface area contributed by atoms with Crippen molar-refractivity contribution in [3.8, 4) is 0 Å². The molecule has 0 saturated heterocycles. The van der Waals surface area contributed by atoms with Crippen LogP contribution < -0.4 is 11.1 Å². The molecule has 1 atom stereocenters.